The molecular formula is C6H9ClO4. The molecule has 0 rings (SSSR count). The van der Waals surface area contributed by atoms with Gasteiger partial charge in [-0.3, -0.25) is 4.79 Å². The Labute approximate surface area is 69.4 Å². The molecule has 0 aliphatic rings. The summed E-state index contributed by atoms with van der Waals surface area (Å²) < 4.78 is 8.63. The summed E-state index contributed by atoms with van der Waals surface area (Å²) in [6, 6.07) is 0. The summed E-state index contributed by atoms with van der Waals surface area (Å²) in [7, 11) is 1.21. The predicted molar refractivity (Wildman–Crippen MR) is 38.3 cm³/mol. The lowest BCUT2D eigenvalue weighted by Gasteiger charge is -2.03. The van der Waals surface area contributed by atoms with Crippen molar-refractivity contribution in [3.05, 3.63) is 0 Å². The lowest BCUT2D eigenvalue weighted by Crippen LogP contribution is -2.20. The number of carbonyl (C=O) groups is 2. The van der Waals surface area contributed by atoms with Crippen molar-refractivity contribution in [2.24, 2.45) is 0 Å². The van der Waals surface area contributed by atoms with Crippen LogP contribution in [0.2, 0.25) is 0 Å². The zero-order valence-corrected chi connectivity index (χ0v) is 7.05. The van der Waals surface area contributed by atoms with Gasteiger partial charge in [-0.25, -0.2) is 4.79 Å². The van der Waals surface area contributed by atoms with Gasteiger partial charge in [0, 0.05) is 0 Å². The molecule has 5 heteroatoms. The molecule has 11 heavy (non-hydrogen) atoms. The molecule has 64 valence electrons. The maximum Gasteiger partial charge on any atom is 0.344 e. The molecule has 0 aromatic rings. The summed E-state index contributed by atoms with van der Waals surface area (Å²) in [6.07, 6.45) is 0. The second-order valence-electron chi connectivity index (χ2n) is 1.80. The molecule has 0 N–H and O–H groups in total. The molecule has 0 aliphatic heterocycles. The molecule has 0 amide bonds. The zero-order valence-electron chi connectivity index (χ0n) is 6.30. The third-order valence-corrected chi connectivity index (χ3v) is 1.06. The second-order valence-corrected chi connectivity index (χ2v) is 2.45. The Morgan fingerprint density at radius 2 is 2.09 bits per heavy atom. The van der Waals surface area contributed by atoms with E-state index in [9.17, 15) is 9.59 Å². The van der Waals surface area contributed by atoms with Crippen molar-refractivity contribution in [2.45, 2.75) is 12.3 Å². The van der Waals surface area contributed by atoms with Crippen LogP contribution in [-0.4, -0.2) is 31.0 Å². The SMILES string of the molecule is COC(=O)COC(=O)C(C)Cl. The van der Waals surface area contributed by atoms with E-state index in [1.54, 1.807) is 0 Å². The van der Waals surface area contributed by atoms with Gasteiger partial charge in [0.15, 0.2) is 6.61 Å². The van der Waals surface area contributed by atoms with Crippen molar-refractivity contribution in [3.8, 4) is 0 Å². The van der Waals surface area contributed by atoms with Gasteiger partial charge in [-0.05, 0) is 6.92 Å². The molecule has 0 aromatic carbocycles. The number of hydrogen-bond acceptors (Lipinski definition) is 4. The largest absolute Gasteiger partial charge is 0.466 e. The molecule has 1 unspecified atom stereocenters. The van der Waals surface area contributed by atoms with E-state index in [1.165, 1.54) is 14.0 Å². The number of rotatable bonds is 3. The predicted octanol–water partition coefficient (Wildman–Crippen LogP) is 0.330. The number of carbonyl (C=O) groups excluding carboxylic acids is 2. The van der Waals surface area contributed by atoms with E-state index in [0.717, 1.165) is 0 Å². The van der Waals surface area contributed by atoms with E-state index >= 15 is 0 Å². The highest BCUT2D eigenvalue weighted by atomic mass is 35.5. The Bertz CT molecular complexity index is 155. The van der Waals surface area contributed by atoms with Crippen LogP contribution in [0.25, 0.3) is 0 Å². The zero-order chi connectivity index (χ0) is 8.85. The third-order valence-electron chi connectivity index (χ3n) is 0.885. The molecule has 1 atom stereocenters. The van der Waals surface area contributed by atoms with Gasteiger partial charge < -0.3 is 9.47 Å². The van der Waals surface area contributed by atoms with Crippen LogP contribution < -0.4 is 0 Å². The van der Waals surface area contributed by atoms with Gasteiger partial charge in [-0.15, -0.1) is 11.6 Å². The number of hydrogen-bond donors (Lipinski definition) is 0. The van der Waals surface area contributed by atoms with Crippen molar-refractivity contribution in [3.63, 3.8) is 0 Å². The van der Waals surface area contributed by atoms with Gasteiger partial charge in [0.05, 0.1) is 7.11 Å². The van der Waals surface area contributed by atoms with Crippen molar-refractivity contribution in [2.75, 3.05) is 13.7 Å². The fourth-order valence-electron chi connectivity index (χ4n) is 0.304. The van der Waals surface area contributed by atoms with Gasteiger partial charge in [0.25, 0.3) is 0 Å². The minimum absolute atomic E-state index is 0.383. The van der Waals surface area contributed by atoms with E-state index in [0.29, 0.717) is 0 Å². The quantitative estimate of drug-likeness (QED) is 0.464. The highest BCUT2D eigenvalue weighted by molar-refractivity contribution is 6.29. The number of methoxy groups -OCH3 is 1. The minimum Gasteiger partial charge on any atom is -0.466 e. The van der Waals surface area contributed by atoms with Crippen molar-refractivity contribution < 1.29 is 19.1 Å². The number of alkyl halides is 1. The van der Waals surface area contributed by atoms with Gasteiger partial charge >= 0.3 is 11.9 Å². The van der Waals surface area contributed by atoms with Crippen LogP contribution in [0.15, 0.2) is 0 Å². The number of esters is 2. The summed E-state index contributed by atoms with van der Waals surface area (Å²) in [5.74, 6) is -1.23. The Balaban J connectivity index is 3.54. The van der Waals surface area contributed by atoms with Crippen LogP contribution in [0.5, 0.6) is 0 Å². The van der Waals surface area contributed by atoms with Crippen LogP contribution in [0.1, 0.15) is 6.92 Å². The Morgan fingerprint density at radius 3 is 2.45 bits per heavy atom. The Morgan fingerprint density at radius 1 is 1.55 bits per heavy atom. The number of ether oxygens (including phenoxy) is 2. The summed E-state index contributed by atoms with van der Waals surface area (Å²) in [6.45, 7) is 1.08. The topological polar surface area (TPSA) is 52.6 Å². The molecular weight excluding hydrogens is 172 g/mol. The minimum atomic E-state index is -0.736. The molecule has 0 fully saturated rings. The van der Waals surface area contributed by atoms with E-state index in [2.05, 4.69) is 9.47 Å². The highest BCUT2D eigenvalue weighted by Gasteiger charge is 2.12. The Kier molecular flexibility index (Phi) is 4.61. The molecule has 0 spiro atoms. The first kappa shape index (κ1) is 10.2. The summed E-state index contributed by atoms with van der Waals surface area (Å²) >= 11 is 5.33. The van der Waals surface area contributed by atoms with Crippen LogP contribution in [0, 0.1) is 0 Å². The van der Waals surface area contributed by atoms with Gasteiger partial charge in [0.2, 0.25) is 0 Å². The van der Waals surface area contributed by atoms with E-state index in [4.69, 9.17) is 11.6 Å². The van der Waals surface area contributed by atoms with Gasteiger partial charge in [0.1, 0.15) is 5.38 Å². The average molecular weight is 181 g/mol. The van der Waals surface area contributed by atoms with E-state index < -0.39 is 17.3 Å². The van der Waals surface area contributed by atoms with Crippen molar-refractivity contribution in [1.82, 2.24) is 0 Å². The molecule has 0 bridgehead atoms. The molecule has 0 heterocycles. The summed E-state index contributed by atoms with van der Waals surface area (Å²) in [4.78, 5) is 21.0. The maximum absolute atomic E-state index is 10.6. The normalized spacial score (nSPS) is 11.9. The fraction of sp³-hybridized carbons (Fsp3) is 0.667. The smallest absolute Gasteiger partial charge is 0.344 e. The van der Waals surface area contributed by atoms with Crippen LogP contribution >= 0.6 is 11.6 Å². The van der Waals surface area contributed by atoms with Crippen molar-refractivity contribution in [1.29, 1.82) is 0 Å². The third kappa shape index (κ3) is 4.61. The standard InChI is InChI=1S/C6H9ClO4/c1-4(7)6(9)11-3-5(8)10-2/h4H,3H2,1-2H3. The molecule has 0 saturated heterocycles. The molecule has 0 saturated carbocycles. The van der Waals surface area contributed by atoms with Gasteiger partial charge in [-0.1, -0.05) is 0 Å². The second kappa shape index (κ2) is 4.96. The summed E-state index contributed by atoms with van der Waals surface area (Å²) in [5, 5.41) is -0.736. The van der Waals surface area contributed by atoms with Crippen molar-refractivity contribution >= 4 is 23.5 Å². The van der Waals surface area contributed by atoms with Crippen LogP contribution in [-0.2, 0) is 19.1 Å². The van der Waals surface area contributed by atoms with Crippen LogP contribution in [0.4, 0.5) is 0 Å². The fourth-order valence-corrected chi connectivity index (χ4v) is 0.367. The molecule has 0 aromatic heterocycles. The first-order chi connectivity index (χ1) is 5.07. The van der Waals surface area contributed by atoms with E-state index in [1.807, 2.05) is 0 Å². The van der Waals surface area contributed by atoms with E-state index in [-0.39, 0.29) is 6.61 Å². The Hall–Kier alpha value is -0.770. The molecule has 0 aliphatic carbocycles. The first-order valence-corrected chi connectivity index (χ1v) is 3.39. The lowest BCUT2D eigenvalue weighted by molar-refractivity contribution is -0.156. The monoisotopic (exact) mass is 180 g/mol. The highest BCUT2D eigenvalue weighted by Crippen LogP contribution is 1.96. The average Bonchev–Trinajstić information content (AvgIpc) is 1.99. The lowest BCUT2D eigenvalue weighted by atomic mass is 10.5. The van der Waals surface area contributed by atoms with Crippen LogP contribution in [0.3, 0.4) is 0 Å². The first-order valence-electron chi connectivity index (χ1n) is 2.95. The van der Waals surface area contributed by atoms with Gasteiger partial charge in [-0.2, -0.15) is 0 Å². The molecule has 0 radical (unpaired) electrons. The maximum atomic E-state index is 10.6. The molecule has 4 nitrogen and oxygen atoms in total. The number of halogens is 1. The summed E-state index contributed by atoms with van der Waals surface area (Å²) in [5.41, 5.74) is 0.